The molecule has 122 valence electrons. The summed E-state index contributed by atoms with van der Waals surface area (Å²) in [5, 5.41) is 12.2. The summed E-state index contributed by atoms with van der Waals surface area (Å²) in [6.07, 6.45) is 1.15. The molecule has 3 N–H and O–H groups in total. The van der Waals surface area contributed by atoms with Gasteiger partial charge in [-0.25, -0.2) is 0 Å². The number of carbonyl (C=O) groups is 2. The Labute approximate surface area is 137 Å². The van der Waals surface area contributed by atoms with Crippen molar-refractivity contribution in [3.63, 3.8) is 0 Å². The van der Waals surface area contributed by atoms with Crippen LogP contribution in [0.2, 0.25) is 0 Å². The molecule has 0 saturated heterocycles. The summed E-state index contributed by atoms with van der Waals surface area (Å²) in [6, 6.07) is 3.96. The van der Waals surface area contributed by atoms with Gasteiger partial charge in [0.05, 0.1) is 4.88 Å². The number of nitrogens with zero attached hydrogens (tertiary/aromatic N) is 2. The molecule has 0 radical (unpaired) electrons. The minimum absolute atomic E-state index is 0.0403. The molecule has 7 nitrogen and oxygen atoms in total. The van der Waals surface area contributed by atoms with E-state index in [4.69, 9.17) is 0 Å². The number of thiophene rings is 1. The second-order valence-electron chi connectivity index (χ2n) is 5.83. The van der Waals surface area contributed by atoms with Crippen LogP contribution in [-0.4, -0.2) is 33.5 Å². The topological polar surface area (TPSA) is 99.8 Å². The molecule has 1 aliphatic rings. The third-order valence-electron chi connectivity index (χ3n) is 3.81. The molecule has 1 fully saturated rings. The van der Waals surface area contributed by atoms with Gasteiger partial charge in [0.1, 0.15) is 0 Å². The molecule has 0 aromatic carbocycles. The second-order valence-corrected chi connectivity index (χ2v) is 7.11. The van der Waals surface area contributed by atoms with Crippen molar-refractivity contribution in [3.8, 4) is 10.7 Å². The molecule has 0 spiro atoms. The van der Waals surface area contributed by atoms with Crippen molar-refractivity contribution >= 4 is 29.1 Å². The Morgan fingerprint density at radius 2 is 2.22 bits per heavy atom. The fourth-order valence-electron chi connectivity index (χ4n) is 2.29. The number of aromatic nitrogens is 3. The molecule has 3 rings (SSSR count). The van der Waals surface area contributed by atoms with Gasteiger partial charge in [-0.05, 0) is 31.4 Å². The summed E-state index contributed by atoms with van der Waals surface area (Å²) in [7, 11) is 0. The van der Waals surface area contributed by atoms with E-state index in [-0.39, 0.29) is 30.1 Å². The number of anilines is 1. The van der Waals surface area contributed by atoms with E-state index in [1.165, 1.54) is 4.88 Å². The number of hydrogen-bond acceptors (Lipinski definition) is 5. The lowest BCUT2D eigenvalue weighted by Gasteiger charge is -2.03. The van der Waals surface area contributed by atoms with E-state index in [1.54, 1.807) is 11.3 Å². The Morgan fingerprint density at radius 1 is 1.43 bits per heavy atom. The third-order valence-corrected chi connectivity index (χ3v) is 4.82. The van der Waals surface area contributed by atoms with Gasteiger partial charge in [-0.3, -0.25) is 20.0 Å². The molecule has 2 atom stereocenters. The van der Waals surface area contributed by atoms with Crippen molar-refractivity contribution in [1.29, 1.82) is 0 Å². The van der Waals surface area contributed by atoms with Crippen molar-refractivity contribution in [1.82, 2.24) is 20.5 Å². The molecular formula is C15H19N5O2S. The first-order chi connectivity index (χ1) is 11.0. The second kappa shape index (κ2) is 6.49. The maximum absolute atomic E-state index is 11.8. The Bertz CT molecular complexity index is 723. The van der Waals surface area contributed by atoms with Crippen LogP contribution in [0.15, 0.2) is 12.1 Å². The summed E-state index contributed by atoms with van der Waals surface area (Å²) in [5.41, 5.74) is 0. The van der Waals surface area contributed by atoms with E-state index in [0.717, 1.165) is 11.3 Å². The summed E-state index contributed by atoms with van der Waals surface area (Å²) >= 11 is 1.60. The number of hydrogen-bond donors (Lipinski definition) is 3. The Kier molecular flexibility index (Phi) is 4.42. The predicted octanol–water partition coefficient (Wildman–Crippen LogP) is 1.94. The van der Waals surface area contributed by atoms with Crippen molar-refractivity contribution in [2.45, 2.75) is 26.7 Å². The molecule has 2 amide bonds. The van der Waals surface area contributed by atoms with Crippen LogP contribution < -0.4 is 10.6 Å². The number of H-pyrrole nitrogens is 1. The Morgan fingerprint density at radius 3 is 2.87 bits per heavy atom. The maximum Gasteiger partial charge on any atom is 0.249 e. The lowest BCUT2D eigenvalue weighted by Crippen LogP contribution is -2.29. The minimum Gasteiger partial charge on any atom is -0.355 e. The first-order valence-corrected chi connectivity index (χ1v) is 8.41. The van der Waals surface area contributed by atoms with E-state index < -0.39 is 0 Å². The molecule has 2 heterocycles. The molecule has 8 heteroatoms. The van der Waals surface area contributed by atoms with Crippen LogP contribution in [0.1, 0.15) is 24.6 Å². The summed E-state index contributed by atoms with van der Waals surface area (Å²) < 4.78 is 0. The van der Waals surface area contributed by atoms with Gasteiger partial charge in [0.2, 0.25) is 17.8 Å². The van der Waals surface area contributed by atoms with Crippen molar-refractivity contribution in [3.05, 3.63) is 17.0 Å². The van der Waals surface area contributed by atoms with Gasteiger partial charge in [0, 0.05) is 23.8 Å². The zero-order chi connectivity index (χ0) is 16.4. The molecule has 2 aromatic heterocycles. The average molecular weight is 333 g/mol. The standard InChI is InChI=1S/C15H19N5O2S/c1-8-7-10(8)14(22)16-6-5-12(21)17-15-18-13(19-20-15)11-4-3-9(2)23-11/h3-4,8,10H,5-7H2,1-2H3,(H,16,22)(H2,17,18,19,20,21)/t8-,10+/m1/s1. The van der Waals surface area contributed by atoms with Gasteiger partial charge in [0.15, 0.2) is 5.82 Å². The molecule has 23 heavy (non-hydrogen) atoms. The highest BCUT2D eigenvalue weighted by atomic mass is 32.1. The van der Waals surface area contributed by atoms with Gasteiger partial charge in [-0.15, -0.1) is 16.4 Å². The highest BCUT2D eigenvalue weighted by Gasteiger charge is 2.38. The number of aryl methyl sites for hydroxylation is 1. The van der Waals surface area contributed by atoms with Gasteiger partial charge >= 0.3 is 0 Å². The van der Waals surface area contributed by atoms with Crippen LogP contribution in [0.3, 0.4) is 0 Å². The quantitative estimate of drug-likeness (QED) is 0.752. The van der Waals surface area contributed by atoms with E-state index in [0.29, 0.717) is 18.3 Å². The van der Waals surface area contributed by atoms with Crippen LogP contribution in [0, 0.1) is 18.8 Å². The highest BCUT2D eigenvalue weighted by Crippen LogP contribution is 2.37. The first kappa shape index (κ1) is 15.7. The summed E-state index contributed by atoms with van der Waals surface area (Å²) in [6.45, 7) is 4.39. The fraction of sp³-hybridized carbons (Fsp3) is 0.467. The minimum atomic E-state index is -0.220. The van der Waals surface area contributed by atoms with Crippen molar-refractivity contribution in [2.24, 2.45) is 11.8 Å². The summed E-state index contributed by atoms with van der Waals surface area (Å²) in [5.74, 6) is 1.30. The SMILES string of the molecule is Cc1ccc(-c2nc(NC(=O)CCNC(=O)[C@H]3C[C@H]3C)n[nH]2)s1. The van der Waals surface area contributed by atoms with Crippen molar-refractivity contribution < 1.29 is 9.59 Å². The number of amides is 2. The smallest absolute Gasteiger partial charge is 0.249 e. The molecule has 0 bridgehead atoms. The largest absolute Gasteiger partial charge is 0.355 e. The van der Waals surface area contributed by atoms with Crippen LogP contribution in [0.5, 0.6) is 0 Å². The van der Waals surface area contributed by atoms with Crippen LogP contribution >= 0.6 is 11.3 Å². The normalized spacial score (nSPS) is 19.4. The monoisotopic (exact) mass is 333 g/mol. The van der Waals surface area contributed by atoms with Crippen LogP contribution in [-0.2, 0) is 9.59 Å². The molecule has 0 aliphatic heterocycles. The van der Waals surface area contributed by atoms with Crippen LogP contribution in [0.25, 0.3) is 10.7 Å². The van der Waals surface area contributed by atoms with E-state index >= 15 is 0 Å². The average Bonchev–Trinajstić information content (AvgIpc) is 2.88. The van der Waals surface area contributed by atoms with E-state index in [1.807, 2.05) is 26.0 Å². The number of nitrogens with one attached hydrogen (secondary N) is 3. The fourth-order valence-corrected chi connectivity index (χ4v) is 3.10. The number of aromatic amines is 1. The zero-order valence-electron chi connectivity index (χ0n) is 13.0. The Balaban J connectivity index is 1.45. The zero-order valence-corrected chi connectivity index (χ0v) is 13.9. The molecule has 2 aromatic rings. The third kappa shape index (κ3) is 3.95. The van der Waals surface area contributed by atoms with E-state index in [2.05, 4.69) is 25.8 Å². The number of rotatable bonds is 6. The van der Waals surface area contributed by atoms with Gasteiger partial charge in [0.25, 0.3) is 0 Å². The molecular weight excluding hydrogens is 314 g/mol. The van der Waals surface area contributed by atoms with Crippen LogP contribution in [0.4, 0.5) is 5.95 Å². The first-order valence-electron chi connectivity index (χ1n) is 7.59. The lowest BCUT2D eigenvalue weighted by molar-refractivity contribution is -0.122. The highest BCUT2D eigenvalue weighted by molar-refractivity contribution is 7.15. The number of carbonyl (C=O) groups excluding carboxylic acids is 2. The molecule has 1 aliphatic carbocycles. The Hall–Kier alpha value is -2.22. The predicted molar refractivity (Wildman–Crippen MR) is 88.0 cm³/mol. The van der Waals surface area contributed by atoms with E-state index in [9.17, 15) is 9.59 Å². The maximum atomic E-state index is 11.8. The van der Waals surface area contributed by atoms with Gasteiger partial charge < -0.3 is 5.32 Å². The molecule has 1 saturated carbocycles. The lowest BCUT2D eigenvalue weighted by atomic mass is 10.3. The van der Waals surface area contributed by atoms with Gasteiger partial charge in [-0.1, -0.05) is 6.92 Å². The van der Waals surface area contributed by atoms with Crippen molar-refractivity contribution in [2.75, 3.05) is 11.9 Å². The molecule has 0 unspecified atom stereocenters. The van der Waals surface area contributed by atoms with Gasteiger partial charge in [-0.2, -0.15) is 4.98 Å². The summed E-state index contributed by atoms with van der Waals surface area (Å²) in [4.78, 5) is 29.9.